The van der Waals surface area contributed by atoms with Gasteiger partial charge in [0, 0.05) is 6.42 Å². The molecule has 0 spiro atoms. The molecule has 2 atom stereocenters. The van der Waals surface area contributed by atoms with Gasteiger partial charge in [-0.15, -0.1) is 0 Å². The fraction of sp³-hybridized carbons (Fsp3) is 0.776. The number of unbranched alkanes of at least 4 members (excludes halogenated alkanes) is 38. The van der Waals surface area contributed by atoms with E-state index in [1.54, 1.807) is 6.08 Å². The van der Waals surface area contributed by atoms with Gasteiger partial charge in [-0.1, -0.05) is 311 Å². The normalized spacial score (nSPS) is 13.4. The zero-order valence-electron chi connectivity index (χ0n) is 47.5. The van der Waals surface area contributed by atoms with Gasteiger partial charge in [0.1, 0.15) is 0 Å². The van der Waals surface area contributed by atoms with Crippen molar-refractivity contribution in [1.29, 1.82) is 0 Å². The van der Waals surface area contributed by atoms with Crippen LogP contribution in [0.5, 0.6) is 0 Å². The zero-order chi connectivity index (χ0) is 51.3. The SMILES string of the molecule is CC/C=C\C/C=C\C/C=C\C/C=C\CCCCCCCCCCCCCCCCCCCCCCCCCCC(=O)NC(CO)C(O)/C=C/CC/C=C/CC/C=C/CCCCCCCCCCCCCC. The molecule has 0 aromatic heterocycles. The Morgan fingerprint density at radius 2 is 0.634 bits per heavy atom. The summed E-state index contributed by atoms with van der Waals surface area (Å²) in [6.07, 6.45) is 90.7. The molecule has 0 heterocycles. The highest BCUT2D eigenvalue weighted by molar-refractivity contribution is 5.76. The van der Waals surface area contributed by atoms with E-state index in [0.717, 1.165) is 64.2 Å². The summed E-state index contributed by atoms with van der Waals surface area (Å²) >= 11 is 0. The lowest BCUT2D eigenvalue weighted by Crippen LogP contribution is -2.45. The lowest BCUT2D eigenvalue weighted by molar-refractivity contribution is -0.123. The number of amides is 1. The number of hydrogen-bond acceptors (Lipinski definition) is 3. The molecule has 4 nitrogen and oxygen atoms in total. The van der Waals surface area contributed by atoms with Crippen LogP contribution in [0, 0.1) is 0 Å². The van der Waals surface area contributed by atoms with E-state index in [-0.39, 0.29) is 12.5 Å². The average Bonchev–Trinajstić information content (AvgIpc) is 3.37. The summed E-state index contributed by atoms with van der Waals surface area (Å²) in [6.45, 7) is 4.20. The molecule has 0 aromatic carbocycles. The average molecular weight is 989 g/mol. The third-order valence-electron chi connectivity index (χ3n) is 14.1. The number of allylic oxidation sites excluding steroid dienone is 13. The Kier molecular flexibility index (Phi) is 59.8. The minimum atomic E-state index is -0.873. The van der Waals surface area contributed by atoms with Crippen molar-refractivity contribution in [2.24, 2.45) is 0 Å². The Morgan fingerprint density at radius 3 is 0.986 bits per heavy atom. The summed E-state index contributed by atoms with van der Waals surface area (Å²) in [5, 5.41) is 23.2. The minimum absolute atomic E-state index is 0.0743. The van der Waals surface area contributed by atoms with Crippen LogP contribution in [0.3, 0.4) is 0 Å². The molecule has 3 N–H and O–H groups in total. The molecular weight excluding hydrogens is 867 g/mol. The molecule has 2 unspecified atom stereocenters. The van der Waals surface area contributed by atoms with Crippen LogP contribution in [0.25, 0.3) is 0 Å². The van der Waals surface area contributed by atoms with Crippen LogP contribution < -0.4 is 5.32 Å². The Bertz CT molecular complexity index is 1260. The highest BCUT2D eigenvalue weighted by Crippen LogP contribution is 2.17. The van der Waals surface area contributed by atoms with Gasteiger partial charge in [0.25, 0.3) is 0 Å². The first kappa shape index (κ1) is 68.6. The van der Waals surface area contributed by atoms with Crippen LogP contribution in [0.1, 0.15) is 316 Å². The van der Waals surface area contributed by atoms with E-state index in [2.05, 4.69) is 92.1 Å². The first-order valence-electron chi connectivity index (χ1n) is 31.3. The third-order valence-corrected chi connectivity index (χ3v) is 14.1. The molecule has 412 valence electrons. The predicted octanol–water partition coefficient (Wildman–Crippen LogP) is 21.1. The molecule has 0 aromatic rings. The molecule has 0 saturated carbocycles. The van der Waals surface area contributed by atoms with Crippen molar-refractivity contribution < 1.29 is 15.0 Å². The molecule has 0 aliphatic carbocycles. The fourth-order valence-corrected chi connectivity index (χ4v) is 9.38. The number of carbonyl (C=O) groups is 1. The fourth-order valence-electron chi connectivity index (χ4n) is 9.38. The van der Waals surface area contributed by atoms with Gasteiger partial charge in [0.05, 0.1) is 18.8 Å². The zero-order valence-corrected chi connectivity index (χ0v) is 47.5. The van der Waals surface area contributed by atoms with Crippen LogP contribution in [0.4, 0.5) is 0 Å². The number of nitrogens with one attached hydrogen (secondary N) is 1. The van der Waals surface area contributed by atoms with Crippen LogP contribution >= 0.6 is 0 Å². The number of rotatable bonds is 57. The van der Waals surface area contributed by atoms with Crippen molar-refractivity contribution in [2.45, 2.75) is 328 Å². The second-order valence-electron chi connectivity index (χ2n) is 21.1. The summed E-state index contributed by atoms with van der Waals surface area (Å²) in [6, 6.07) is -0.648. The number of aliphatic hydroxyl groups excluding tert-OH is 2. The van der Waals surface area contributed by atoms with E-state index in [4.69, 9.17) is 0 Å². The molecular formula is C67H121NO3. The lowest BCUT2D eigenvalue weighted by atomic mass is 10.0. The third kappa shape index (κ3) is 58.3. The summed E-state index contributed by atoms with van der Waals surface area (Å²) in [4.78, 5) is 12.5. The summed E-state index contributed by atoms with van der Waals surface area (Å²) in [7, 11) is 0. The number of carbonyl (C=O) groups excluding carboxylic acids is 1. The van der Waals surface area contributed by atoms with Gasteiger partial charge < -0.3 is 15.5 Å². The van der Waals surface area contributed by atoms with Crippen LogP contribution in [0.2, 0.25) is 0 Å². The van der Waals surface area contributed by atoms with Gasteiger partial charge >= 0.3 is 0 Å². The summed E-state index contributed by atoms with van der Waals surface area (Å²) < 4.78 is 0. The molecule has 4 heteroatoms. The first-order valence-corrected chi connectivity index (χ1v) is 31.3. The van der Waals surface area contributed by atoms with Crippen molar-refractivity contribution >= 4 is 5.91 Å². The molecule has 0 fully saturated rings. The molecule has 71 heavy (non-hydrogen) atoms. The number of aliphatic hydroxyl groups is 2. The minimum Gasteiger partial charge on any atom is -0.394 e. The molecule has 0 aliphatic rings. The Morgan fingerprint density at radius 1 is 0.352 bits per heavy atom. The van der Waals surface area contributed by atoms with Gasteiger partial charge in [0.15, 0.2) is 0 Å². The largest absolute Gasteiger partial charge is 0.394 e. The van der Waals surface area contributed by atoms with Gasteiger partial charge in [0.2, 0.25) is 5.91 Å². The van der Waals surface area contributed by atoms with Crippen molar-refractivity contribution in [3.63, 3.8) is 0 Å². The second kappa shape index (κ2) is 61.9. The van der Waals surface area contributed by atoms with E-state index in [1.807, 2.05) is 6.08 Å². The van der Waals surface area contributed by atoms with Gasteiger partial charge in [-0.3, -0.25) is 4.79 Å². The smallest absolute Gasteiger partial charge is 0.220 e. The van der Waals surface area contributed by atoms with Crippen molar-refractivity contribution in [1.82, 2.24) is 5.32 Å². The Balaban J connectivity index is 3.48. The standard InChI is InChI=1S/C67H121NO3/c1-3-5-7-9-11-13-15-17-19-21-23-25-27-28-29-30-31-32-33-34-35-36-37-38-39-40-41-43-45-47-49-51-53-55-57-59-61-63-67(71)68-65(64-69)66(70)62-60-58-56-54-52-50-48-46-44-42-26-24-22-20-18-16-14-12-10-8-6-4-2/h5,7,11,13,17,19,23,25,44,46,52,54,60,62,65-66,69-70H,3-4,6,8-10,12,14-16,18,20-22,24,26-43,45,47-51,53,55-59,61,63-64H2,1-2H3,(H,68,71)/b7-5-,13-11-,19-17-,25-23-,46-44+,54-52+,62-60+. The van der Waals surface area contributed by atoms with E-state index in [9.17, 15) is 15.0 Å². The second-order valence-corrected chi connectivity index (χ2v) is 21.1. The lowest BCUT2D eigenvalue weighted by Gasteiger charge is -2.19. The maximum atomic E-state index is 12.5. The highest BCUT2D eigenvalue weighted by Gasteiger charge is 2.18. The van der Waals surface area contributed by atoms with Gasteiger partial charge in [-0.2, -0.15) is 0 Å². The topological polar surface area (TPSA) is 69.6 Å². The highest BCUT2D eigenvalue weighted by atomic mass is 16.3. The molecule has 0 rings (SSSR count). The van der Waals surface area contributed by atoms with Crippen molar-refractivity contribution in [2.75, 3.05) is 6.61 Å². The summed E-state index contributed by atoms with van der Waals surface area (Å²) in [5.74, 6) is -0.0743. The number of hydrogen-bond donors (Lipinski definition) is 3. The van der Waals surface area contributed by atoms with Crippen molar-refractivity contribution in [3.8, 4) is 0 Å². The van der Waals surface area contributed by atoms with E-state index >= 15 is 0 Å². The Labute approximate surface area is 443 Å². The first-order chi connectivity index (χ1) is 35.2. The molecule has 0 aliphatic heterocycles. The van der Waals surface area contributed by atoms with E-state index in [0.29, 0.717) is 6.42 Å². The molecule has 1 amide bonds. The monoisotopic (exact) mass is 988 g/mol. The van der Waals surface area contributed by atoms with Gasteiger partial charge in [-0.05, 0) is 83.5 Å². The quantitative estimate of drug-likeness (QED) is 0.0420. The van der Waals surface area contributed by atoms with Crippen molar-refractivity contribution in [3.05, 3.63) is 85.1 Å². The van der Waals surface area contributed by atoms with Gasteiger partial charge in [-0.25, -0.2) is 0 Å². The molecule has 0 radical (unpaired) electrons. The van der Waals surface area contributed by atoms with E-state index in [1.165, 1.54) is 231 Å². The summed E-state index contributed by atoms with van der Waals surface area (Å²) in [5.41, 5.74) is 0. The Hall–Kier alpha value is -2.43. The van der Waals surface area contributed by atoms with E-state index < -0.39 is 12.1 Å². The molecule has 0 bridgehead atoms. The van der Waals surface area contributed by atoms with Crippen LogP contribution in [0.15, 0.2) is 85.1 Å². The molecule has 0 saturated heterocycles. The van der Waals surface area contributed by atoms with Crippen LogP contribution in [-0.4, -0.2) is 34.9 Å². The predicted molar refractivity (Wildman–Crippen MR) is 317 cm³/mol. The maximum absolute atomic E-state index is 12.5. The van der Waals surface area contributed by atoms with Crippen LogP contribution in [-0.2, 0) is 4.79 Å². The maximum Gasteiger partial charge on any atom is 0.220 e.